The first kappa shape index (κ1) is 24.2. The minimum Gasteiger partial charge on any atom is -0.354 e. The minimum absolute atomic E-state index is 0.0646. The zero-order chi connectivity index (χ0) is 24.2. The first-order chi connectivity index (χ1) is 16.3. The number of fused-ring (bicyclic) bond motifs is 1. The summed E-state index contributed by atoms with van der Waals surface area (Å²) in [5.74, 6) is -0.180. The lowest BCUT2D eigenvalue weighted by Crippen LogP contribution is -2.45. The number of benzene rings is 1. The van der Waals surface area contributed by atoms with Crippen LogP contribution >= 0.6 is 0 Å². The number of piperazine rings is 1. The Kier molecular flexibility index (Phi) is 7.48. The molecule has 182 valence electrons. The molecule has 4 rings (SSSR count). The molecule has 0 saturated carbocycles. The van der Waals surface area contributed by atoms with Gasteiger partial charge in [-0.2, -0.15) is 5.10 Å². The van der Waals surface area contributed by atoms with Crippen LogP contribution in [0.2, 0.25) is 0 Å². The molecule has 1 amide bonds. The Bertz CT molecular complexity index is 1200. The van der Waals surface area contributed by atoms with E-state index in [-0.39, 0.29) is 18.0 Å². The number of amides is 1. The third-order valence-electron chi connectivity index (χ3n) is 6.93. The van der Waals surface area contributed by atoms with Crippen LogP contribution in [0.3, 0.4) is 0 Å². The summed E-state index contributed by atoms with van der Waals surface area (Å²) in [6, 6.07) is 8.43. The highest BCUT2D eigenvalue weighted by Crippen LogP contribution is 2.23. The van der Waals surface area contributed by atoms with Crippen molar-refractivity contribution in [3.05, 3.63) is 63.3 Å². The SMILES string of the molecule is Cc1ccc(Cn2c(C)c3cnn(CC(=O)NCCCN4CCN(C)CC4)c(=O)c3c2C)cc1. The normalized spacial score (nSPS) is 15.2. The Morgan fingerprint density at radius 3 is 2.44 bits per heavy atom. The highest BCUT2D eigenvalue weighted by molar-refractivity contribution is 5.87. The van der Waals surface area contributed by atoms with Crippen molar-refractivity contribution in [2.75, 3.05) is 46.3 Å². The lowest BCUT2D eigenvalue weighted by atomic mass is 10.1. The molecule has 0 radical (unpaired) electrons. The van der Waals surface area contributed by atoms with Gasteiger partial charge in [0.1, 0.15) is 6.54 Å². The summed E-state index contributed by atoms with van der Waals surface area (Å²) in [4.78, 5) is 30.5. The number of hydrogen-bond acceptors (Lipinski definition) is 5. The Labute approximate surface area is 201 Å². The van der Waals surface area contributed by atoms with Crippen molar-refractivity contribution in [1.29, 1.82) is 0 Å². The summed E-state index contributed by atoms with van der Waals surface area (Å²) < 4.78 is 3.43. The topological polar surface area (TPSA) is 75.4 Å². The van der Waals surface area contributed by atoms with Gasteiger partial charge < -0.3 is 19.7 Å². The Hall–Kier alpha value is -2.97. The van der Waals surface area contributed by atoms with E-state index in [2.05, 4.69) is 63.0 Å². The average molecular weight is 465 g/mol. The first-order valence-electron chi connectivity index (χ1n) is 12.1. The van der Waals surface area contributed by atoms with E-state index in [0.717, 1.165) is 55.9 Å². The summed E-state index contributed by atoms with van der Waals surface area (Å²) >= 11 is 0. The minimum atomic E-state index is -0.214. The van der Waals surface area contributed by atoms with Gasteiger partial charge in [-0.25, -0.2) is 4.68 Å². The van der Waals surface area contributed by atoms with Crippen LogP contribution in [0.1, 0.15) is 28.9 Å². The quantitative estimate of drug-likeness (QED) is 0.516. The van der Waals surface area contributed by atoms with E-state index in [4.69, 9.17) is 0 Å². The third kappa shape index (κ3) is 5.39. The number of hydrogen-bond donors (Lipinski definition) is 1. The number of likely N-dealkylation sites (N-methyl/N-ethyl adjacent to an activating group) is 1. The zero-order valence-corrected chi connectivity index (χ0v) is 20.8. The number of nitrogens with zero attached hydrogens (tertiary/aromatic N) is 5. The van der Waals surface area contributed by atoms with Gasteiger partial charge in [0.15, 0.2) is 0 Å². The number of carbonyl (C=O) groups is 1. The van der Waals surface area contributed by atoms with E-state index in [1.165, 1.54) is 15.8 Å². The van der Waals surface area contributed by atoms with Gasteiger partial charge in [0.2, 0.25) is 5.91 Å². The highest BCUT2D eigenvalue weighted by atomic mass is 16.2. The van der Waals surface area contributed by atoms with Crippen LogP contribution in [0.5, 0.6) is 0 Å². The van der Waals surface area contributed by atoms with Gasteiger partial charge in [0, 0.05) is 56.0 Å². The molecular weight excluding hydrogens is 428 g/mol. The predicted octanol–water partition coefficient (Wildman–Crippen LogP) is 1.93. The van der Waals surface area contributed by atoms with Crippen LogP contribution in [-0.4, -0.2) is 76.4 Å². The van der Waals surface area contributed by atoms with E-state index in [0.29, 0.717) is 18.5 Å². The molecule has 1 fully saturated rings. The Balaban J connectivity index is 1.39. The van der Waals surface area contributed by atoms with E-state index in [1.807, 2.05) is 13.8 Å². The molecule has 1 aromatic carbocycles. The molecule has 0 atom stereocenters. The maximum absolute atomic E-state index is 13.2. The predicted molar refractivity (Wildman–Crippen MR) is 135 cm³/mol. The molecule has 8 nitrogen and oxygen atoms in total. The fraction of sp³-hybridized carbons (Fsp3) is 0.500. The Morgan fingerprint density at radius 2 is 1.74 bits per heavy atom. The van der Waals surface area contributed by atoms with Gasteiger partial charge >= 0.3 is 0 Å². The molecule has 1 aliphatic rings. The van der Waals surface area contributed by atoms with Gasteiger partial charge in [0.25, 0.3) is 5.56 Å². The van der Waals surface area contributed by atoms with Gasteiger partial charge in [-0.1, -0.05) is 29.8 Å². The molecule has 3 aromatic rings. The van der Waals surface area contributed by atoms with Crippen molar-refractivity contribution in [1.82, 2.24) is 29.5 Å². The molecule has 0 aliphatic carbocycles. The maximum atomic E-state index is 13.2. The number of aromatic nitrogens is 3. The van der Waals surface area contributed by atoms with Gasteiger partial charge in [-0.15, -0.1) is 0 Å². The fourth-order valence-electron chi connectivity index (χ4n) is 4.66. The monoisotopic (exact) mass is 464 g/mol. The maximum Gasteiger partial charge on any atom is 0.276 e. The number of rotatable bonds is 8. The van der Waals surface area contributed by atoms with Crippen molar-refractivity contribution in [2.45, 2.75) is 40.3 Å². The molecule has 2 aromatic heterocycles. The lowest BCUT2D eigenvalue weighted by Gasteiger charge is -2.32. The van der Waals surface area contributed by atoms with Crippen molar-refractivity contribution >= 4 is 16.7 Å². The second-order valence-electron chi connectivity index (χ2n) is 9.49. The molecule has 34 heavy (non-hydrogen) atoms. The fourth-order valence-corrected chi connectivity index (χ4v) is 4.66. The van der Waals surface area contributed by atoms with Crippen LogP contribution < -0.4 is 10.9 Å². The van der Waals surface area contributed by atoms with E-state index in [1.54, 1.807) is 6.20 Å². The molecule has 3 heterocycles. The summed E-state index contributed by atoms with van der Waals surface area (Å²) in [7, 11) is 2.15. The van der Waals surface area contributed by atoms with Gasteiger partial charge in [-0.3, -0.25) is 9.59 Å². The number of nitrogens with one attached hydrogen (secondary N) is 1. The summed E-state index contributed by atoms with van der Waals surface area (Å²) in [5, 5.41) is 8.74. The second kappa shape index (κ2) is 10.5. The largest absolute Gasteiger partial charge is 0.354 e. The molecule has 1 N–H and O–H groups in total. The summed E-state index contributed by atoms with van der Waals surface area (Å²) in [6.45, 7) is 12.6. The second-order valence-corrected chi connectivity index (χ2v) is 9.49. The van der Waals surface area contributed by atoms with E-state index in [9.17, 15) is 9.59 Å². The molecule has 1 aliphatic heterocycles. The summed E-state index contributed by atoms with van der Waals surface area (Å²) in [6.07, 6.45) is 2.61. The Morgan fingerprint density at radius 1 is 1.03 bits per heavy atom. The molecule has 0 spiro atoms. The van der Waals surface area contributed by atoms with Gasteiger partial charge in [-0.05, 0) is 46.3 Å². The van der Waals surface area contributed by atoms with Crippen molar-refractivity contribution in [2.24, 2.45) is 0 Å². The third-order valence-corrected chi connectivity index (χ3v) is 6.93. The standard InChI is InChI=1S/C26H36N6O2/c1-19-6-8-22(9-7-19)17-31-20(2)23-16-28-32(26(34)25(23)21(31)3)18-24(33)27-10-5-11-30-14-12-29(4)13-15-30/h6-9,16H,5,10-15,17-18H2,1-4H3,(H,27,33). The van der Waals surface area contributed by atoms with E-state index < -0.39 is 0 Å². The van der Waals surface area contributed by atoms with Crippen molar-refractivity contribution in [3.8, 4) is 0 Å². The van der Waals surface area contributed by atoms with Crippen LogP contribution in [0.15, 0.2) is 35.3 Å². The van der Waals surface area contributed by atoms with Crippen LogP contribution in [0.25, 0.3) is 10.8 Å². The van der Waals surface area contributed by atoms with Gasteiger partial charge in [0.05, 0.1) is 11.6 Å². The zero-order valence-electron chi connectivity index (χ0n) is 20.8. The molecule has 0 bridgehead atoms. The lowest BCUT2D eigenvalue weighted by molar-refractivity contribution is -0.121. The highest BCUT2D eigenvalue weighted by Gasteiger charge is 2.18. The first-order valence-corrected chi connectivity index (χ1v) is 12.1. The molecule has 8 heteroatoms. The van der Waals surface area contributed by atoms with E-state index >= 15 is 0 Å². The molecular formula is C26H36N6O2. The van der Waals surface area contributed by atoms with Crippen molar-refractivity contribution in [3.63, 3.8) is 0 Å². The summed E-state index contributed by atoms with van der Waals surface area (Å²) in [5.41, 5.74) is 4.11. The van der Waals surface area contributed by atoms with Crippen LogP contribution in [-0.2, 0) is 17.9 Å². The van der Waals surface area contributed by atoms with Crippen LogP contribution in [0, 0.1) is 20.8 Å². The van der Waals surface area contributed by atoms with Crippen LogP contribution in [0.4, 0.5) is 0 Å². The molecule has 1 saturated heterocycles. The average Bonchev–Trinajstić information content (AvgIpc) is 3.06. The van der Waals surface area contributed by atoms with Crippen molar-refractivity contribution < 1.29 is 4.79 Å². The smallest absolute Gasteiger partial charge is 0.276 e. The number of aryl methyl sites for hydroxylation is 3. The number of carbonyl (C=O) groups excluding carboxylic acids is 1. The molecule has 0 unspecified atom stereocenters.